The van der Waals surface area contributed by atoms with Gasteiger partial charge in [0, 0.05) is 26.7 Å². The van der Waals surface area contributed by atoms with Crippen molar-refractivity contribution in [1.29, 1.82) is 0 Å². The van der Waals surface area contributed by atoms with Crippen LogP contribution in [0.15, 0.2) is 0 Å². The van der Waals surface area contributed by atoms with Crippen molar-refractivity contribution in [1.82, 2.24) is 10.2 Å². The van der Waals surface area contributed by atoms with Gasteiger partial charge in [-0.2, -0.15) is 0 Å². The van der Waals surface area contributed by atoms with Gasteiger partial charge in [-0.1, -0.05) is 0 Å². The number of rotatable bonds is 7. The number of nitrogens with one attached hydrogen (secondary N) is 1. The van der Waals surface area contributed by atoms with Gasteiger partial charge in [0.05, 0.1) is 12.0 Å². The summed E-state index contributed by atoms with van der Waals surface area (Å²) in [5.41, 5.74) is 0. The van der Waals surface area contributed by atoms with Gasteiger partial charge in [0.2, 0.25) is 0 Å². The maximum absolute atomic E-state index is 5.90. The molecule has 0 bridgehead atoms. The first kappa shape index (κ1) is 12.2. The summed E-state index contributed by atoms with van der Waals surface area (Å²) in [5.74, 6) is 0. The van der Waals surface area contributed by atoms with Crippen molar-refractivity contribution in [3.63, 3.8) is 0 Å². The van der Waals surface area contributed by atoms with E-state index >= 15 is 0 Å². The molecule has 0 heterocycles. The second kappa shape index (κ2) is 7.80. The molecule has 0 radical (unpaired) electrons. The SMILES string of the molecule is COCC(Cl)CNCCN(C)C. The standard InChI is InChI=1S/C8H19ClN2O/c1-11(2)5-4-10-6-8(9)7-12-3/h8,10H,4-7H2,1-3H3. The predicted octanol–water partition coefficient (Wildman–Crippen LogP) is 0.391. The summed E-state index contributed by atoms with van der Waals surface area (Å²) in [6.07, 6.45) is 0. The van der Waals surface area contributed by atoms with E-state index in [-0.39, 0.29) is 5.38 Å². The monoisotopic (exact) mass is 194 g/mol. The fourth-order valence-corrected chi connectivity index (χ4v) is 1.04. The molecule has 12 heavy (non-hydrogen) atoms. The number of hydrogen-bond donors (Lipinski definition) is 1. The van der Waals surface area contributed by atoms with Crippen LogP contribution in [-0.2, 0) is 4.74 Å². The van der Waals surface area contributed by atoms with Crippen LogP contribution in [0.4, 0.5) is 0 Å². The molecular formula is C8H19ClN2O. The molecule has 4 heteroatoms. The highest BCUT2D eigenvalue weighted by Crippen LogP contribution is 1.92. The Kier molecular flexibility index (Phi) is 7.91. The maximum Gasteiger partial charge on any atom is 0.0693 e. The molecule has 3 nitrogen and oxygen atoms in total. The Morgan fingerprint density at radius 3 is 2.67 bits per heavy atom. The summed E-state index contributed by atoms with van der Waals surface area (Å²) in [5, 5.41) is 3.33. The van der Waals surface area contributed by atoms with Gasteiger partial charge >= 0.3 is 0 Å². The first-order valence-electron chi connectivity index (χ1n) is 4.15. The zero-order valence-corrected chi connectivity index (χ0v) is 8.90. The lowest BCUT2D eigenvalue weighted by Crippen LogP contribution is -2.32. The molecule has 1 unspecified atom stereocenters. The van der Waals surface area contributed by atoms with Crippen molar-refractivity contribution in [2.75, 3.05) is 47.4 Å². The molecule has 0 rings (SSSR count). The van der Waals surface area contributed by atoms with Crippen LogP contribution in [0.25, 0.3) is 0 Å². The van der Waals surface area contributed by atoms with Gasteiger partial charge in [0.25, 0.3) is 0 Å². The molecule has 0 saturated carbocycles. The number of nitrogens with zero attached hydrogens (tertiary/aromatic N) is 1. The topological polar surface area (TPSA) is 24.5 Å². The third kappa shape index (κ3) is 8.27. The van der Waals surface area contributed by atoms with Crippen LogP contribution in [0.3, 0.4) is 0 Å². The lowest BCUT2D eigenvalue weighted by atomic mass is 10.4. The molecule has 1 atom stereocenters. The highest BCUT2D eigenvalue weighted by molar-refractivity contribution is 6.20. The van der Waals surface area contributed by atoms with Crippen LogP contribution in [0.2, 0.25) is 0 Å². The van der Waals surface area contributed by atoms with E-state index in [1.165, 1.54) is 0 Å². The van der Waals surface area contributed by atoms with Gasteiger partial charge in [0.15, 0.2) is 0 Å². The normalized spacial score (nSPS) is 13.8. The van der Waals surface area contributed by atoms with E-state index in [1.54, 1.807) is 7.11 Å². The van der Waals surface area contributed by atoms with E-state index in [9.17, 15) is 0 Å². The van der Waals surface area contributed by atoms with Crippen LogP contribution >= 0.6 is 11.6 Å². The molecule has 0 aromatic heterocycles. The van der Waals surface area contributed by atoms with Crippen LogP contribution in [0.5, 0.6) is 0 Å². The summed E-state index contributed by atoms with van der Waals surface area (Å²) < 4.78 is 4.90. The molecule has 0 saturated heterocycles. The summed E-state index contributed by atoms with van der Waals surface area (Å²) >= 11 is 5.90. The van der Waals surface area contributed by atoms with E-state index in [0.717, 1.165) is 19.6 Å². The Hall–Kier alpha value is 0.170. The van der Waals surface area contributed by atoms with E-state index in [1.807, 2.05) is 0 Å². The van der Waals surface area contributed by atoms with E-state index in [2.05, 4.69) is 24.3 Å². The first-order chi connectivity index (χ1) is 5.66. The maximum atomic E-state index is 5.90. The molecular weight excluding hydrogens is 176 g/mol. The quantitative estimate of drug-likeness (QED) is 0.469. The van der Waals surface area contributed by atoms with Crippen molar-refractivity contribution in [3.8, 4) is 0 Å². The smallest absolute Gasteiger partial charge is 0.0693 e. The minimum atomic E-state index is 0.0807. The molecule has 0 aliphatic carbocycles. The van der Waals surface area contributed by atoms with Gasteiger partial charge in [-0.05, 0) is 14.1 Å². The molecule has 0 fully saturated rings. The second-order valence-corrected chi connectivity index (χ2v) is 3.68. The third-order valence-corrected chi connectivity index (χ3v) is 1.73. The largest absolute Gasteiger partial charge is 0.383 e. The van der Waals surface area contributed by atoms with Gasteiger partial charge < -0.3 is 15.0 Å². The lowest BCUT2D eigenvalue weighted by Gasteiger charge is -2.12. The minimum Gasteiger partial charge on any atom is -0.383 e. The van der Waals surface area contributed by atoms with Crippen molar-refractivity contribution in [2.45, 2.75) is 5.38 Å². The third-order valence-electron chi connectivity index (χ3n) is 1.45. The summed E-state index contributed by atoms with van der Waals surface area (Å²) in [6.45, 7) is 3.43. The average molecular weight is 195 g/mol. The van der Waals surface area contributed by atoms with Gasteiger partial charge in [0.1, 0.15) is 0 Å². The zero-order chi connectivity index (χ0) is 9.40. The number of likely N-dealkylation sites (N-methyl/N-ethyl adjacent to an activating group) is 1. The molecule has 0 aliphatic heterocycles. The zero-order valence-electron chi connectivity index (χ0n) is 8.14. The van der Waals surface area contributed by atoms with Crippen LogP contribution in [0.1, 0.15) is 0 Å². The summed E-state index contributed by atoms with van der Waals surface area (Å²) in [6, 6.07) is 0. The first-order valence-corrected chi connectivity index (χ1v) is 4.59. The van der Waals surface area contributed by atoms with Crippen molar-refractivity contribution in [3.05, 3.63) is 0 Å². The highest BCUT2D eigenvalue weighted by Gasteiger charge is 2.01. The molecule has 0 spiro atoms. The molecule has 1 N–H and O–H groups in total. The fraction of sp³-hybridized carbons (Fsp3) is 1.00. The minimum absolute atomic E-state index is 0.0807. The van der Waals surface area contributed by atoms with Crippen molar-refractivity contribution in [2.24, 2.45) is 0 Å². The van der Waals surface area contributed by atoms with E-state index in [0.29, 0.717) is 6.61 Å². The predicted molar refractivity (Wildman–Crippen MR) is 52.9 cm³/mol. The Bertz CT molecular complexity index is 101. The number of hydrogen-bond acceptors (Lipinski definition) is 3. The summed E-state index contributed by atoms with van der Waals surface area (Å²) in [7, 11) is 5.76. The number of ether oxygens (including phenoxy) is 1. The molecule has 74 valence electrons. The molecule has 0 aromatic carbocycles. The lowest BCUT2D eigenvalue weighted by molar-refractivity contribution is 0.196. The second-order valence-electron chi connectivity index (χ2n) is 3.06. The molecule has 0 amide bonds. The van der Waals surface area contributed by atoms with Gasteiger partial charge in [-0.3, -0.25) is 0 Å². The Morgan fingerprint density at radius 1 is 1.50 bits per heavy atom. The summed E-state index contributed by atoms with van der Waals surface area (Å²) in [4.78, 5) is 2.13. The fourth-order valence-electron chi connectivity index (χ4n) is 0.801. The number of methoxy groups -OCH3 is 1. The van der Waals surface area contributed by atoms with Crippen LogP contribution < -0.4 is 5.32 Å². The van der Waals surface area contributed by atoms with Crippen molar-refractivity contribution >= 4 is 11.6 Å². The number of halogens is 1. The number of alkyl halides is 1. The van der Waals surface area contributed by atoms with E-state index in [4.69, 9.17) is 16.3 Å². The average Bonchev–Trinajstić information content (AvgIpc) is 1.98. The Labute approximate surface area is 80.0 Å². The Morgan fingerprint density at radius 2 is 2.17 bits per heavy atom. The van der Waals surface area contributed by atoms with Gasteiger partial charge in [-0.25, -0.2) is 0 Å². The molecule has 0 aliphatic rings. The van der Waals surface area contributed by atoms with Crippen LogP contribution in [-0.4, -0.2) is 57.7 Å². The van der Waals surface area contributed by atoms with E-state index < -0.39 is 0 Å². The molecule has 0 aromatic rings. The Balaban J connectivity index is 3.08. The highest BCUT2D eigenvalue weighted by atomic mass is 35.5. The van der Waals surface area contributed by atoms with Crippen molar-refractivity contribution < 1.29 is 4.74 Å². The van der Waals surface area contributed by atoms with Gasteiger partial charge in [-0.15, -0.1) is 11.6 Å². The van der Waals surface area contributed by atoms with Crippen LogP contribution in [0, 0.1) is 0 Å².